The summed E-state index contributed by atoms with van der Waals surface area (Å²) < 4.78 is 5.40. The molecule has 2 aromatic rings. The zero-order valence-corrected chi connectivity index (χ0v) is 15.1. The Labute approximate surface area is 157 Å². The topological polar surface area (TPSA) is 58.6 Å². The minimum atomic E-state index is -0.215. The van der Waals surface area contributed by atoms with Crippen molar-refractivity contribution in [2.45, 2.75) is 19.4 Å². The molecule has 6 heteroatoms. The fourth-order valence-electron chi connectivity index (χ4n) is 2.94. The Bertz CT molecular complexity index is 759. The number of nitrogens with zero attached hydrogens (tertiary/aromatic N) is 1. The van der Waals surface area contributed by atoms with Crippen LogP contribution in [0.5, 0.6) is 0 Å². The second kappa shape index (κ2) is 8.72. The molecule has 0 aromatic heterocycles. The maximum Gasteiger partial charge on any atom is 0.321 e. The number of likely N-dealkylation sites (tertiary alicyclic amines) is 1. The molecule has 0 aliphatic carbocycles. The summed E-state index contributed by atoms with van der Waals surface area (Å²) in [6, 6.07) is 16.5. The van der Waals surface area contributed by atoms with Crippen molar-refractivity contribution in [1.82, 2.24) is 4.90 Å². The highest BCUT2D eigenvalue weighted by molar-refractivity contribution is 6.30. The first-order chi connectivity index (χ1) is 12.6. The van der Waals surface area contributed by atoms with Crippen LogP contribution in [0.15, 0.2) is 54.6 Å². The predicted octanol–water partition coefficient (Wildman–Crippen LogP) is 4.33. The van der Waals surface area contributed by atoms with E-state index in [0.29, 0.717) is 31.0 Å². The zero-order valence-electron chi connectivity index (χ0n) is 14.4. The monoisotopic (exact) mass is 372 g/mol. The number of nitrogens with one attached hydrogen (secondary N) is 1. The van der Waals surface area contributed by atoms with Crippen LogP contribution in [0.25, 0.3) is 0 Å². The standard InChI is InChI=1S/C20H21ClN2O3/c21-17-6-4-5-15(13-17)14-26-19(24)16-9-11-23(12-10-16)20(25)22-18-7-2-1-3-8-18/h1-8,13,16H,9-12,14H2,(H,22,25). The number of benzene rings is 2. The second-order valence-corrected chi connectivity index (χ2v) is 6.73. The molecule has 136 valence electrons. The van der Waals surface area contributed by atoms with Crippen LogP contribution < -0.4 is 5.32 Å². The van der Waals surface area contributed by atoms with Gasteiger partial charge in [0.2, 0.25) is 0 Å². The van der Waals surface area contributed by atoms with Gasteiger partial charge in [-0.15, -0.1) is 0 Å². The summed E-state index contributed by atoms with van der Waals surface area (Å²) in [6.45, 7) is 1.29. The number of amides is 2. The number of piperidine rings is 1. The van der Waals surface area contributed by atoms with Gasteiger partial charge in [0, 0.05) is 23.8 Å². The molecule has 1 N–H and O–H groups in total. The SMILES string of the molecule is O=C(OCc1cccc(Cl)c1)C1CCN(C(=O)Nc2ccccc2)CC1. The predicted molar refractivity (Wildman–Crippen MR) is 101 cm³/mol. The highest BCUT2D eigenvalue weighted by Crippen LogP contribution is 2.21. The summed E-state index contributed by atoms with van der Waals surface area (Å²) >= 11 is 5.93. The van der Waals surface area contributed by atoms with E-state index in [-0.39, 0.29) is 24.5 Å². The van der Waals surface area contributed by atoms with Crippen molar-refractivity contribution in [2.75, 3.05) is 18.4 Å². The summed E-state index contributed by atoms with van der Waals surface area (Å²) in [5, 5.41) is 3.49. The Balaban J connectivity index is 1.44. The van der Waals surface area contributed by atoms with Gasteiger partial charge in [0.25, 0.3) is 0 Å². The molecule has 0 bridgehead atoms. The molecule has 1 aliphatic heterocycles. The number of halogens is 1. The van der Waals surface area contributed by atoms with Gasteiger partial charge in [0.1, 0.15) is 6.61 Å². The van der Waals surface area contributed by atoms with Crippen LogP contribution in [0, 0.1) is 5.92 Å². The Morgan fingerprint density at radius 2 is 1.81 bits per heavy atom. The molecule has 1 fully saturated rings. The minimum absolute atomic E-state index is 0.137. The highest BCUT2D eigenvalue weighted by Gasteiger charge is 2.28. The van der Waals surface area contributed by atoms with Crippen LogP contribution in [-0.4, -0.2) is 30.0 Å². The molecule has 2 aromatic carbocycles. The first-order valence-electron chi connectivity index (χ1n) is 8.64. The molecule has 5 nitrogen and oxygen atoms in total. The quantitative estimate of drug-likeness (QED) is 0.813. The number of carbonyl (C=O) groups is 2. The third-order valence-electron chi connectivity index (χ3n) is 4.41. The molecule has 26 heavy (non-hydrogen) atoms. The Morgan fingerprint density at radius 1 is 1.08 bits per heavy atom. The van der Waals surface area contributed by atoms with Crippen LogP contribution in [0.1, 0.15) is 18.4 Å². The lowest BCUT2D eigenvalue weighted by atomic mass is 9.97. The maximum atomic E-state index is 12.3. The van der Waals surface area contributed by atoms with Crippen molar-refractivity contribution < 1.29 is 14.3 Å². The summed E-state index contributed by atoms with van der Waals surface area (Å²) in [6.07, 6.45) is 1.22. The van der Waals surface area contributed by atoms with E-state index in [4.69, 9.17) is 16.3 Å². The van der Waals surface area contributed by atoms with Gasteiger partial charge in [-0.3, -0.25) is 4.79 Å². The minimum Gasteiger partial charge on any atom is -0.461 e. The Morgan fingerprint density at radius 3 is 2.50 bits per heavy atom. The number of rotatable bonds is 4. The van der Waals surface area contributed by atoms with Crippen LogP contribution >= 0.6 is 11.6 Å². The number of hydrogen-bond donors (Lipinski definition) is 1. The number of urea groups is 1. The van der Waals surface area contributed by atoms with Crippen molar-refractivity contribution in [1.29, 1.82) is 0 Å². The van der Waals surface area contributed by atoms with Crippen LogP contribution in [0.2, 0.25) is 5.02 Å². The largest absolute Gasteiger partial charge is 0.461 e. The first-order valence-corrected chi connectivity index (χ1v) is 9.01. The number of esters is 1. The fraction of sp³-hybridized carbons (Fsp3) is 0.300. The average molecular weight is 373 g/mol. The molecule has 0 radical (unpaired) electrons. The smallest absolute Gasteiger partial charge is 0.321 e. The van der Waals surface area contributed by atoms with E-state index in [1.807, 2.05) is 42.5 Å². The van der Waals surface area contributed by atoms with Crippen molar-refractivity contribution >= 4 is 29.3 Å². The van der Waals surface area contributed by atoms with Gasteiger partial charge < -0.3 is 15.0 Å². The van der Waals surface area contributed by atoms with E-state index in [9.17, 15) is 9.59 Å². The Kier molecular flexibility index (Phi) is 6.12. The van der Waals surface area contributed by atoms with E-state index in [1.54, 1.807) is 17.0 Å². The lowest BCUT2D eigenvalue weighted by Gasteiger charge is -2.31. The molecule has 0 saturated carbocycles. The molecule has 1 heterocycles. The van der Waals surface area contributed by atoms with Crippen LogP contribution in [-0.2, 0) is 16.1 Å². The van der Waals surface area contributed by atoms with Gasteiger partial charge in [0.15, 0.2) is 0 Å². The van der Waals surface area contributed by atoms with Gasteiger partial charge in [-0.2, -0.15) is 0 Å². The zero-order chi connectivity index (χ0) is 18.4. The second-order valence-electron chi connectivity index (χ2n) is 6.30. The molecule has 0 spiro atoms. The first kappa shape index (κ1) is 18.3. The number of anilines is 1. The Hall–Kier alpha value is -2.53. The summed E-state index contributed by atoms with van der Waals surface area (Å²) in [5.74, 6) is -0.386. The van der Waals surface area contributed by atoms with Crippen molar-refractivity contribution in [3.8, 4) is 0 Å². The molecule has 1 aliphatic rings. The van der Waals surface area contributed by atoms with E-state index in [1.165, 1.54) is 0 Å². The summed E-state index contributed by atoms with van der Waals surface area (Å²) in [4.78, 5) is 26.3. The number of para-hydroxylation sites is 1. The van der Waals surface area contributed by atoms with Crippen molar-refractivity contribution in [3.05, 3.63) is 65.2 Å². The summed E-state index contributed by atoms with van der Waals surface area (Å²) in [5.41, 5.74) is 1.63. The molecular formula is C20H21ClN2O3. The third-order valence-corrected chi connectivity index (χ3v) is 4.65. The molecule has 3 rings (SSSR count). The van der Waals surface area contributed by atoms with Crippen molar-refractivity contribution in [2.24, 2.45) is 5.92 Å². The van der Waals surface area contributed by atoms with Crippen molar-refractivity contribution in [3.63, 3.8) is 0 Å². The van der Waals surface area contributed by atoms with Gasteiger partial charge in [-0.25, -0.2) is 4.79 Å². The van der Waals surface area contributed by atoms with E-state index >= 15 is 0 Å². The van der Waals surface area contributed by atoms with Gasteiger partial charge in [0.05, 0.1) is 5.92 Å². The normalized spacial score (nSPS) is 14.7. The van der Waals surface area contributed by atoms with Gasteiger partial charge in [-0.1, -0.05) is 41.9 Å². The van der Waals surface area contributed by atoms with Crippen LogP contribution in [0.4, 0.5) is 10.5 Å². The third kappa shape index (κ3) is 4.99. The van der Waals surface area contributed by atoms with E-state index in [2.05, 4.69) is 5.32 Å². The number of carbonyl (C=O) groups excluding carboxylic acids is 2. The van der Waals surface area contributed by atoms with Gasteiger partial charge >= 0.3 is 12.0 Å². The molecule has 0 atom stereocenters. The van der Waals surface area contributed by atoms with Crippen LogP contribution in [0.3, 0.4) is 0 Å². The average Bonchev–Trinajstić information content (AvgIpc) is 2.67. The highest BCUT2D eigenvalue weighted by atomic mass is 35.5. The number of hydrogen-bond acceptors (Lipinski definition) is 3. The summed E-state index contributed by atoms with van der Waals surface area (Å²) in [7, 11) is 0. The number of ether oxygens (including phenoxy) is 1. The molecule has 1 saturated heterocycles. The van der Waals surface area contributed by atoms with Gasteiger partial charge in [-0.05, 0) is 42.7 Å². The van der Waals surface area contributed by atoms with E-state index in [0.717, 1.165) is 11.3 Å². The maximum absolute atomic E-state index is 12.3. The van der Waals surface area contributed by atoms with E-state index < -0.39 is 0 Å². The molecule has 2 amide bonds. The molecule has 0 unspecified atom stereocenters. The lowest BCUT2D eigenvalue weighted by molar-refractivity contribution is -0.151. The lowest BCUT2D eigenvalue weighted by Crippen LogP contribution is -2.42. The molecular weight excluding hydrogens is 352 g/mol. The fourth-order valence-corrected chi connectivity index (χ4v) is 3.15.